The Morgan fingerprint density at radius 3 is 2.59 bits per heavy atom. The molecule has 0 radical (unpaired) electrons. The van der Waals surface area contributed by atoms with E-state index in [1.165, 1.54) is 23.1 Å². The number of hydrogen-bond donors (Lipinski definition) is 1. The fourth-order valence-electron chi connectivity index (χ4n) is 3.39. The summed E-state index contributed by atoms with van der Waals surface area (Å²) in [5.74, 6) is -0.0530. The summed E-state index contributed by atoms with van der Waals surface area (Å²) in [5, 5.41) is 11.8. The fraction of sp³-hybridized carbons (Fsp3) is 0.333. The molecule has 1 aliphatic rings. The summed E-state index contributed by atoms with van der Waals surface area (Å²) in [6.07, 6.45) is 2.43. The number of carbonyl (C=O) groups excluding carboxylic acids is 2. The van der Waals surface area contributed by atoms with Gasteiger partial charge in [0.15, 0.2) is 4.34 Å². The third-order valence-corrected chi connectivity index (χ3v) is 7.56. The maximum Gasteiger partial charge on any atom is 0.242 e. The van der Waals surface area contributed by atoms with Gasteiger partial charge in [-0.15, -0.1) is 10.2 Å². The lowest BCUT2D eigenvalue weighted by Crippen LogP contribution is -2.32. The molecule has 0 unspecified atom stereocenters. The van der Waals surface area contributed by atoms with Gasteiger partial charge in [0, 0.05) is 18.2 Å². The lowest BCUT2D eigenvalue weighted by atomic mass is 10.1. The highest BCUT2D eigenvalue weighted by molar-refractivity contribution is 8.02. The summed E-state index contributed by atoms with van der Waals surface area (Å²) in [6, 6.07) is 15.9. The number of carbonyl (C=O) groups is 2. The Morgan fingerprint density at radius 1 is 1.16 bits per heavy atom. The van der Waals surface area contributed by atoms with Gasteiger partial charge in [0.2, 0.25) is 16.9 Å². The van der Waals surface area contributed by atoms with Crippen molar-refractivity contribution in [1.82, 2.24) is 10.2 Å². The van der Waals surface area contributed by atoms with E-state index in [-0.39, 0.29) is 17.9 Å². The van der Waals surface area contributed by atoms with E-state index in [1.807, 2.05) is 69.3 Å². The highest BCUT2D eigenvalue weighted by atomic mass is 32.2. The highest BCUT2D eigenvalue weighted by Gasteiger charge is 2.35. The Bertz CT molecular complexity index is 1110. The standard InChI is InChI=1S/C24H26N4O2S2/c1-4-20(29)28(18-12-13-18)23-26-27-24(32-23)31-21(17-8-6-5-7-9-17)22(30)25-19-14-15(2)10-11-16(19)3/h5-11,14,18,21H,4,12-13H2,1-3H3,(H,25,30)/t21-/m1/s1. The minimum absolute atomic E-state index is 0.0625. The summed E-state index contributed by atoms with van der Waals surface area (Å²) in [6.45, 7) is 5.84. The normalized spacial score (nSPS) is 14.1. The van der Waals surface area contributed by atoms with E-state index in [1.54, 1.807) is 4.90 Å². The number of thioether (sulfide) groups is 1. The molecule has 2 aromatic carbocycles. The number of benzene rings is 2. The molecular formula is C24H26N4O2S2. The van der Waals surface area contributed by atoms with Crippen LogP contribution in [0.2, 0.25) is 0 Å². The number of aromatic nitrogens is 2. The number of amides is 2. The van der Waals surface area contributed by atoms with Crippen LogP contribution in [0.3, 0.4) is 0 Å². The summed E-state index contributed by atoms with van der Waals surface area (Å²) < 4.78 is 0.666. The Kier molecular flexibility index (Phi) is 6.91. The van der Waals surface area contributed by atoms with Gasteiger partial charge in [-0.1, -0.05) is 72.5 Å². The molecule has 1 heterocycles. The van der Waals surface area contributed by atoms with Crippen molar-refractivity contribution in [3.05, 3.63) is 65.2 Å². The number of hydrogen-bond acceptors (Lipinski definition) is 6. The van der Waals surface area contributed by atoms with Gasteiger partial charge in [0.25, 0.3) is 0 Å². The summed E-state index contributed by atoms with van der Waals surface area (Å²) >= 11 is 2.73. The molecule has 166 valence electrons. The molecule has 4 rings (SSSR count). The Labute approximate surface area is 196 Å². The summed E-state index contributed by atoms with van der Waals surface area (Å²) in [5.41, 5.74) is 3.80. The van der Waals surface area contributed by atoms with Gasteiger partial charge in [-0.3, -0.25) is 14.5 Å². The molecule has 0 aliphatic heterocycles. The SMILES string of the molecule is CCC(=O)N(c1nnc(S[C@@H](C(=O)Nc2cc(C)ccc2C)c2ccccc2)s1)C1CC1. The molecule has 3 aromatic rings. The second-order valence-corrected chi connectivity index (χ2v) is 10.2. The van der Waals surface area contributed by atoms with Crippen molar-refractivity contribution < 1.29 is 9.59 Å². The van der Waals surface area contributed by atoms with Crippen molar-refractivity contribution in [1.29, 1.82) is 0 Å². The van der Waals surface area contributed by atoms with Gasteiger partial charge < -0.3 is 5.32 Å². The largest absolute Gasteiger partial charge is 0.325 e. The molecule has 1 fully saturated rings. The van der Waals surface area contributed by atoms with E-state index in [0.717, 1.165) is 35.2 Å². The molecule has 2 amide bonds. The molecule has 1 aliphatic carbocycles. The molecule has 1 atom stereocenters. The van der Waals surface area contributed by atoms with Crippen LogP contribution in [0.1, 0.15) is 48.1 Å². The number of nitrogens with zero attached hydrogens (tertiary/aromatic N) is 3. The Morgan fingerprint density at radius 2 is 1.91 bits per heavy atom. The topological polar surface area (TPSA) is 75.2 Å². The van der Waals surface area contributed by atoms with Gasteiger partial charge in [-0.25, -0.2) is 0 Å². The molecule has 0 bridgehead atoms. The smallest absolute Gasteiger partial charge is 0.242 e. The van der Waals surface area contributed by atoms with Crippen LogP contribution in [0.15, 0.2) is 52.9 Å². The van der Waals surface area contributed by atoms with Gasteiger partial charge in [0.1, 0.15) is 5.25 Å². The minimum atomic E-state index is -0.492. The predicted octanol–water partition coefficient (Wildman–Crippen LogP) is 5.53. The zero-order valence-corrected chi connectivity index (χ0v) is 20.0. The van der Waals surface area contributed by atoms with Crippen molar-refractivity contribution in [2.24, 2.45) is 0 Å². The summed E-state index contributed by atoms with van der Waals surface area (Å²) in [7, 11) is 0. The van der Waals surface area contributed by atoms with Crippen LogP contribution in [0.25, 0.3) is 0 Å². The van der Waals surface area contributed by atoms with Crippen molar-refractivity contribution >= 4 is 45.7 Å². The van der Waals surface area contributed by atoms with Crippen LogP contribution >= 0.6 is 23.1 Å². The van der Waals surface area contributed by atoms with Crippen LogP contribution in [-0.4, -0.2) is 28.1 Å². The van der Waals surface area contributed by atoms with E-state index >= 15 is 0 Å². The maximum absolute atomic E-state index is 13.4. The van der Waals surface area contributed by atoms with E-state index in [4.69, 9.17) is 0 Å². The first-order valence-electron chi connectivity index (χ1n) is 10.7. The molecular weight excluding hydrogens is 440 g/mol. The highest BCUT2D eigenvalue weighted by Crippen LogP contribution is 2.41. The predicted molar refractivity (Wildman–Crippen MR) is 130 cm³/mol. The molecule has 1 aromatic heterocycles. The third kappa shape index (κ3) is 5.19. The van der Waals surface area contributed by atoms with Crippen LogP contribution in [0, 0.1) is 13.8 Å². The average Bonchev–Trinajstić information content (AvgIpc) is 3.52. The van der Waals surface area contributed by atoms with Crippen LogP contribution in [0.5, 0.6) is 0 Å². The molecule has 0 saturated heterocycles. The molecule has 32 heavy (non-hydrogen) atoms. The number of rotatable bonds is 8. The zero-order chi connectivity index (χ0) is 22.7. The Hall–Kier alpha value is -2.71. The van der Waals surface area contributed by atoms with Crippen molar-refractivity contribution in [2.75, 3.05) is 10.2 Å². The first kappa shape index (κ1) is 22.5. The van der Waals surface area contributed by atoms with Gasteiger partial charge in [-0.2, -0.15) is 0 Å². The van der Waals surface area contributed by atoms with Crippen LogP contribution in [0.4, 0.5) is 10.8 Å². The van der Waals surface area contributed by atoms with Gasteiger partial charge in [-0.05, 0) is 49.4 Å². The van der Waals surface area contributed by atoms with E-state index in [0.29, 0.717) is 15.9 Å². The number of nitrogens with one attached hydrogen (secondary N) is 1. The number of anilines is 2. The lowest BCUT2D eigenvalue weighted by Gasteiger charge is -2.18. The van der Waals surface area contributed by atoms with E-state index < -0.39 is 5.25 Å². The van der Waals surface area contributed by atoms with Crippen LogP contribution in [-0.2, 0) is 9.59 Å². The second-order valence-electron chi connectivity index (χ2n) is 7.92. The quantitative estimate of drug-likeness (QED) is 0.349. The molecule has 6 nitrogen and oxygen atoms in total. The number of aryl methyl sites for hydroxylation is 2. The molecule has 0 spiro atoms. The summed E-state index contributed by atoms with van der Waals surface area (Å²) in [4.78, 5) is 27.5. The van der Waals surface area contributed by atoms with E-state index in [2.05, 4.69) is 15.5 Å². The first-order valence-corrected chi connectivity index (χ1v) is 12.4. The lowest BCUT2D eigenvalue weighted by molar-refractivity contribution is -0.118. The molecule has 1 N–H and O–H groups in total. The Balaban J connectivity index is 1.58. The zero-order valence-electron chi connectivity index (χ0n) is 18.4. The third-order valence-electron chi connectivity index (χ3n) is 5.30. The van der Waals surface area contributed by atoms with E-state index in [9.17, 15) is 9.59 Å². The average molecular weight is 467 g/mol. The van der Waals surface area contributed by atoms with Gasteiger partial charge >= 0.3 is 0 Å². The first-order chi connectivity index (χ1) is 15.5. The minimum Gasteiger partial charge on any atom is -0.325 e. The second kappa shape index (κ2) is 9.83. The molecule has 8 heteroatoms. The maximum atomic E-state index is 13.4. The monoisotopic (exact) mass is 466 g/mol. The van der Waals surface area contributed by atoms with Gasteiger partial charge in [0.05, 0.1) is 0 Å². The van der Waals surface area contributed by atoms with Crippen molar-refractivity contribution in [3.63, 3.8) is 0 Å². The van der Waals surface area contributed by atoms with Crippen molar-refractivity contribution in [2.45, 2.75) is 55.7 Å². The fourth-order valence-corrected chi connectivity index (χ4v) is 5.51. The van der Waals surface area contributed by atoms with Crippen molar-refractivity contribution in [3.8, 4) is 0 Å². The molecule has 1 saturated carbocycles. The van der Waals surface area contributed by atoms with Crippen LogP contribution < -0.4 is 10.2 Å².